The number of aromatic nitrogens is 1. The molecule has 1 aromatic heterocycles. The zero-order chi connectivity index (χ0) is 18.1. The summed E-state index contributed by atoms with van der Waals surface area (Å²) in [5.41, 5.74) is 0. The first kappa shape index (κ1) is 19.0. The highest BCUT2D eigenvalue weighted by Crippen LogP contribution is 2.12. The van der Waals surface area contributed by atoms with Crippen molar-refractivity contribution < 1.29 is 4.79 Å². The van der Waals surface area contributed by atoms with Crippen molar-refractivity contribution in [2.24, 2.45) is 10.9 Å². The molecule has 2 heterocycles. The summed E-state index contributed by atoms with van der Waals surface area (Å²) in [5, 5.41) is 6.45. The van der Waals surface area contributed by atoms with Gasteiger partial charge in [-0.1, -0.05) is 19.9 Å². The van der Waals surface area contributed by atoms with Gasteiger partial charge in [-0.05, 0) is 18.1 Å². The molecule has 25 heavy (non-hydrogen) atoms. The summed E-state index contributed by atoms with van der Waals surface area (Å²) in [4.78, 5) is 25.1. The number of aliphatic imine (C=N–C) groups is 1. The van der Waals surface area contributed by atoms with Gasteiger partial charge in [-0.15, -0.1) is 0 Å². The molecule has 1 aliphatic rings. The number of piperazine rings is 1. The Morgan fingerprint density at radius 2 is 2.00 bits per heavy atom. The van der Waals surface area contributed by atoms with E-state index in [9.17, 15) is 4.79 Å². The van der Waals surface area contributed by atoms with Crippen molar-refractivity contribution in [1.82, 2.24) is 20.5 Å². The van der Waals surface area contributed by atoms with Crippen LogP contribution in [0.15, 0.2) is 29.4 Å². The summed E-state index contributed by atoms with van der Waals surface area (Å²) < 4.78 is 0. The van der Waals surface area contributed by atoms with Gasteiger partial charge in [0.15, 0.2) is 5.96 Å². The third-order valence-electron chi connectivity index (χ3n) is 4.14. The molecule has 0 spiro atoms. The molecule has 138 valence electrons. The van der Waals surface area contributed by atoms with Crippen molar-refractivity contribution in [2.45, 2.75) is 20.3 Å². The van der Waals surface area contributed by atoms with E-state index in [1.54, 1.807) is 13.2 Å². The quantitative estimate of drug-likeness (QED) is 0.592. The van der Waals surface area contributed by atoms with Crippen molar-refractivity contribution in [3.8, 4) is 0 Å². The lowest BCUT2D eigenvalue weighted by Gasteiger charge is -2.35. The molecule has 2 N–H and O–H groups in total. The predicted octanol–water partition coefficient (Wildman–Crippen LogP) is 0.941. The van der Waals surface area contributed by atoms with Crippen LogP contribution in [0.1, 0.15) is 20.3 Å². The van der Waals surface area contributed by atoms with Gasteiger partial charge in [0.25, 0.3) is 0 Å². The Bertz CT molecular complexity index is 552. The van der Waals surface area contributed by atoms with Crippen LogP contribution in [0.5, 0.6) is 0 Å². The van der Waals surface area contributed by atoms with Gasteiger partial charge in [-0.3, -0.25) is 9.79 Å². The SMILES string of the molecule is CN=C(NCCC(=O)N1CCN(c2ccccn2)CC1)NCC(C)C. The summed E-state index contributed by atoms with van der Waals surface area (Å²) in [6.45, 7) is 8.90. The van der Waals surface area contributed by atoms with Crippen molar-refractivity contribution in [1.29, 1.82) is 0 Å². The zero-order valence-corrected chi connectivity index (χ0v) is 15.5. The minimum Gasteiger partial charge on any atom is -0.356 e. The lowest BCUT2D eigenvalue weighted by atomic mass is 10.2. The fraction of sp³-hybridized carbons (Fsp3) is 0.611. The number of anilines is 1. The molecule has 0 saturated carbocycles. The Morgan fingerprint density at radius 1 is 1.24 bits per heavy atom. The topological polar surface area (TPSA) is 72.9 Å². The smallest absolute Gasteiger partial charge is 0.224 e. The van der Waals surface area contributed by atoms with Crippen LogP contribution in [-0.2, 0) is 4.79 Å². The summed E-state index contributed by atoms with van der Waals surface area (Å²) in [6, 6.07) is 5.92. The lowest BCUT2D eigenvalue weighted by molar-refractivity contribution is -0.131. The number of nitrogens with one attached hydrogen (secondary N) is 2. The second kappa shape index (κ2) is 9.86. The van der Waals surface area contributed by atoms with Crippen LogP contribution in [0.2, 0.25) is 0 Å². The largest absolute Gasteiger partial charge is 0.356 e. The Labute approximate surface area is 150 Å². The Hall–Kier alpha value is -2.31. The number of carbonyl (C=O) groups excluding carboxylic acids is 1. The van der Waals surface area contributed by atoms with Crippen LogP contribution in [-0.4, -0.2) is 68.1 Å². The standard InChI is InChI=1S/C18H30N6O/c1-15(2)14-22-18(19-3)21-9-7-17(25)24-12-10-23(11-13-24)16-6-4-5-8-20-16/h4-6,8,15H,7,9-14H2,1-3H3,(H2,19,21,22). The molecular formula is C18H30N6O. The minimum atomic E-state index is 0.187. The summed E-state index contributed by atoms with van der Waals surface area (Å²) in [5.74, 6) is 2.47. The zero-order valence-electron chi connectivity index (χ0n) is 15.5. The highest BCUT2D eigenvalue weighted by atomic mass is 16.2. The van der Waals surface area contributed by atoms with Crippen molar-refractivity contribution in [2.75, 3.05) is 51.2 Å². The van der Waals surface area contributed by atoms with E-state index in [0.29, 0.717) is 18.9 Å². The average molecular weight is 346 g/mol. The molecule has 1 aliphatic heterocycles. The summed E-state index contributed by atoms with van der Waals surface area (Å²) in [7, 11) is 1.74. The number of rotatable bonds is 6. The van der Waals surface area contributed by atoms with E-state index >= 15 is 0 Å². The van der Waals surface area contributed by atoms with Gasteiger partial charge in [0.05, 0.1) is 0 Å². The molecule has 0 radical (unpaired) electrons. The van der Waals surface area contributed by atoms with E-state index in [4.69, 9.17) is 0 Å². The molecule has 0 bridgehead atoms. The first-order chi connectivity index (χ1) is 12.1. The Morgan fingerprint density at radius 3 is 2.60 bits per heavy atom. The Balaban J connectivity index is 1.68. The fourth-order valence-corrected chi connectivity index (χ4v) is 2.69. The summed E-state index contributed by atoms with van der Waals surface area (Å²) in [6.07, 6.45) is 2.28. The molecule has 2 rings (SSSR count). The van der Waals surface area contributed by atoms with Crippen molar-refractivity contribution in [3.05, 3.63) is 24.4 Å². The van der Waals surface area contributed by atoms with Crippen LogP contribution in [0.25, 0.3) is 0 Å². The van der Waals surface area contributed by atoms with Gasteiger partial charge in [-0.25, -0.2) is 4.98 Å². The molecule has 1 amide bonds. The van der Waals surface area contributed by atoms with Gasteiger partial charge < -0.3 is 20.4 Å². The average Bonchev–Trinajstić information content (AvgIpc) is 2.65. The first-order valence-electron chi connectivity index (χ1n) is 8.98. The van der Waals surface area contributed by atoms with E-state index in [1.165, 1.54) is 0 Å². The first-order valence-corrected chi connectivity index (χ1v) is 8.98. The molecular weight excluding hydrogens is 316 g/mol. The Kier molecular flexibility index (Phi) is 7.50. The number of hydrogen-bond acceptors (Lipinski definition) is 4. The number of guanidine groups is 1. The molecule has 0 aromatic carbocycles. The van der Waals surface area contributed by atoms with Gasteiger partial charge in [0, 0.05) is 58.9 Å². The second-order valence-corrected chi connectivity index (χ2v) is 6.58. The lowest BCUT2D eigenvalue weighted by Crippen LogP contribution is -2.49. The minimum absolute atomic E-state index is 0.187. The van der Waals surface area contributed by atoms with E-state index in [2.05, 4.69) is 39.4 Å². The van der Waals surface area contributed by atoms with Crippen molar-refractivity contribution in [3.63, 3.8) is 0 Å². The highest BCUT2D eigenvalue weighted by molar-refractivity contribution is 5.81. The third kappa shape index (κ3) is 6.25. The number of nitrogens with zero attached hydrogens (tertiary/aromatic N) is 4. The fourth-order valence-electron chi connectivity index (χ4n) is 2.69. The molecule has 1 fully saturated rings. The van der Waals surface area contributed by atoms with Crippen LogP contribution in [0, 0.1) is 5.92 Å². The summed E-state index contributed by atoms with van der Waals surface area (Å²) >= 11 is 0. The van der Waals surface area contributed by atoms with E-state index < -0.39 is 0 Å². The van der Waals surface area contributed by atoms with Crippen LogP contribution < -0.4 is 15.5 Å². The molecule has 7 heteroatoms. The van der Waals surface area contributed by atoms with Crippen molar-refractivity contribution >= 4 is 17.7 Å². The normalized spacial score (nSPS) is 15.4. The van der Waals surface area contributed by atoms with Gasteiger partial charge in [-0.2, -0.15) is 0 Å². The van der Waals surface area contributed by atoms with Gasteiger partial charge >= 0.3 is 0 Å². The number of carbonyl (C=O) groups is 1. The van der Waals surface area contributed by atoms with Gasteiger partial charge in [0.2, 0.25) is 5.91 Å². The van der Waals surface area contributed by atoms with E-state index in [-0.39, 0.29) is 5.91 Å². The van der Waals surface area contributed by atoms with Crippen LogP contribution >= 0.6 is 0 Å². The molecule has 7 nitrogen and oxygen atoms in total. The molecule has 0 atom stereocenters. The maximum atomic E-state index is 12.4. The molecule has 1 aromatic rings. The number of pyridine rings is 1. The molecule has 0 aliphatic carbocycles. The van der Waals surface area contributed by atoms with Gasteiger partial charge in [0.1, 0.15) is 5.82 Å². The molecule has 0 unspecified atom stereocenters. The highest BCUT2D eigenvalue weighted by Gasteiger charge is 2.21. The predicted molar refractivity (Wildman–Crippen MR) is 102 cm³/mol. The third-order valence-corrected chi connectivity index (χ3v) is 4.14. The molecule has 1 saturated heterocycles. The second-order valence-electron chi connectivity index (χ2n) is 6.58. The van der Waals surface area contributed by atoms with Crippen LogP contribution in [0.4, 0.5) is 5.82 Å². The monoisotopic (exact) mass is 346 g/mol. The van der Waals surface area contributed by atoms with E-state index in [0.717, 1.165) is 44.5 Å². The number of hydrogen-bond donors (Lipinski definition) is 2. The number of amides is 1. The maximum Gasteiger partial charge on any atom is 0.224 e. The van der Waals surface area contributed by atoms with Crippen LogP contribution in [0.3, 0.4) is 0 Å². The maximum absolute atomic E-state index is 12.4. The van der Waals surface area contributed by atoms with E-state index in [1.807, 2.05) is 23.1 Å².